The van der Waals surface area contributed by atoms with E-state index in [0.29, 0.717) is 0 Å². The maximum atomic E-state index is 11.6. The second-order valence-corrected chi connectivity index (χ2v) is 7.46. The van der Waals surface area contributed by atoms with E-state index in [1.54, 1.807) is 6.92 Å². The highest BCUT2D eigenvalue weighted by molar-refractivity contribution is 5.73. The number of nitrogens with zero attached hydrogens (tertiary/aromatic N) is 5. The molecule has 2 aliphatic rings. The molecule has 6 nitrogen and oxygen atoms in total. The van der Waals surface area contributed by atoms with Crippen molar-refractivity contribution in [2.24, 2.45) is 0 Å². The van der Waals surface area contributed by atoms with E-state index < -0.39 is 0 Å². The van der Waals surface area contributed by atoms with Crippen molar-refractivity contribution in [2.75, 3.05) is 37.6 Å². The van der Waals surface area contributed by atoms with Crippen molar-refractivity contribution in [1.82, 2.24) is 19.8 Å². The minimum atomic E-state index is 0.157. The van der Waals surface area contributed by atoms with Gasteiger partial charge in [0.05, 0.1) is 5.69 Å². The topological polar surface area (TPSA) is 52.6 Å². The molecule has 3 heterocycles. The van der Waals surface area contributed by atoms with Crippen molar-refractivity contribution in [3.63, 3.8) is 0 Å². The van der Waals surface area contributed by atoms with Gasteiger partial charge in [-0.25, -0.2) is 9.97 Å². The van der Waals surface area contributed by atoms with Crippen LogP contribution in [0.1, 0.15) is 29.6 Å². The van der Waals surface area contributed by atoms with E-state index in [1.165, 1.54) is 16.8 Å². The van der Waals surface area contributed by atoms with Gasteiger partial charge in [0.2, 0.25) is 5.91 Å². The zero-order chi connectivity index (χ0) is 18.8. The molecule has 0 atom stereocenters. The number of aryl methyl sites for hydroxylation is 1. The molecule has 1 aromatic heterocycles. The predicted molar refractivity (Wildman–Crippen MR) is 105 cm³/mol. The van der Waals surface area contributed by atoms with Crippen molar-refractivity contribution < 1.29 is 4.79 Å². The smallest absolute Gasteiger partial charge is 0.219 e. The average molecular weight is 365 g/mol. The van der Waals surface area contributed by atoms with Crippen LogP contribution in [-0.2, 0) is 24.3 Å². The van der Waals surface area contributed by atoms with E-state index in [2.05, 4.69) is 40.1 Å². The van der Waals surface area contributed by atoms with Gasteiger partial charge in [-0.3, -0.25) is 9.69 Å². The first kappa shape index (κ1) is 17.9. The Morgan fingerprint density at radius 3 is 2.48 bits per heavy atom. The molecule has 1 saturated heterocycles. The third kappa shape index (κ3) is 3.95. The largest absolute Gasteiger partial charge is 0.353 e. The fourth-order valence-electron chi connectivity index (χ4n) is 4.04. The first-order valence-electron chi connectivity index (χ1n) is 9.73. The molecule has 1 fully saturated rings. The number of aromatic nitrogens is 2. The molecule has 0 saturated carbocycles. The predicted octanol–water partition coefficient (Wildman–Crippen LogP) is 2.01. The molecule has 0 N–H and O–H groups in total. The Balaban J connectivity index is 1.54. The summed E-state index contributed by atoms with van der Waals surface area (Å²) in [6.45, 7) is 9.68. The van der Waals surface area contributed by atoms with Crippen LogP contribution in [-0.4, -0.2) is 58.4 Å². The van der Waals surface area contributed by atoms with Crippen LogP contribution in [0.2, 0.25) is 0 Å². The van der Waals surface area contributed by atoms with Gasteiger partial charge >= 0.3 is 0 Å². The summed E-state index contributed by atoms with van der Waals surface area (Å²) >= 11 is 0. The van der Waals surface area contributed by atoms with Gasteiger partial charge < -0.3 is 9.80 Å². The fraction of sp³-hybridized carbons (Fsp3) is 0.476. The lowest BCUT2D eigenvalue weighted by Gasteiger charge is -2.37. The monoisotopic (exact) mass is 365 g/mol. The van der Waals surface area contributed by atoms with Crippen LogP contribution in [0.3, 0.4) is 0 Å². The molecule has 6 heteroatoms. The Bertz CT molecular complexity index is 815. The van der Waals surface area contributed by atoms with E-state index in [9.17, 15) is 4.79 Å². The van der Waals surface area contributed by atoms with Crippen molar-refractivity contribution in [3.05, 3.63) is 53.0 Å². The summed E-state index contributed by atoms with van der Waals surface area (Å²) in [5.41, 5.74) is 3.79. The maximum Gasteiger partial charge on any atom is 0.219 e. The highest BCUT2D eigenvalue weighted by atomic mass is 16.2. The minimum absolute atomic E-state index is 0.157. The Labute approximate surface area is 160 Å². The van der Waals surface area contributed by atoms with Gasteiger partial charge in [0, 0.05) is 64.7 Å². The molecule has 4 rings (SSSR count). The molecule has 2 aliphatic heterocycles. The minimum Gasteiger partial charge on any atom is -0.353 e. The number of hydrogen-bond acceptors (Lipinski definition) is 5. The van der Waals surface area contributed by atoms with Gasteiger partial charge in [0.25, 0.3) is 0 Å². The Morgan fingerprint density at radius 1 is 1.04 bits per heavy atom. The molecule has 0 bridgehead atoms. The lowest BCUT2D eigenvalue weighted by atomic mass is 10.0. The van der Waals surface area contributed by atoms with Crippen molar-refractivity contribution in [3.8, 4) is 0 Å². The fourth-order valence-corrected chi connectivity index (χ4v) is 4.04. The molecule has 2 aromatic rings. The van der Waals surface area contributed by atoms with Gasteiger partial charge in [-0.1, -0.05) is 30.3 Å². The number of piperazine rings is 1. The highest BCUT2D eigenvalue weighted by Gasteiger charge is 2.27. The van der Waals surface area contributed by atoms with Crippen LogP contribution < -0.4 is 4.90 Å². The summed E-state index contributed by atoms with van der Waals surface area (Å²) in [6, 6.07) is 10.6. The van der Waals surface area contributed by atoms with Crippen LogP contribution in [0.15, 0.2) is 30.3 Å². The normalized spacial score (nSPS) is 17.7. The number of rotatable bonds is 3. The number of benzene rings is 1. The number of fused-ring (bicyclic) bond motifs is 1. The Hall–Kier alpha value is -2.47. The van der Waals surface area contributed by atoms with Crippen molar-refractivity contribution in [1.29, 1.82) is 0 Å². The van der Waals surface area contributed by atoms with Gasteiger partial charge in [0.1, 0.15) is 11.6 Å². The molecule has 0 radical (unpaired) electrons. The second kappa shape index (κ2) is 7.64. The summed E-state index contributed by atoms with van der Waals surface area (Å²) in [7, 11) is 0. The summed E-state index contributed by atoms with van der Waals surface area (Å²) in [5, 5.41) is 0. The van der Waals surface area contributed by atoms with Gasteiger partial charge in [-0.05, 0) is 12.5 Å². The van der Waals surface area contributed by atoms with Crippen LogP contribution in [0.4, 0.5) is 5.82 Å². The molecule has 0 spiro atoms. The highest BCUT2D eigenvalue weighted by Crippen LogP contribution is 2.28. The first-order valence-corrected chi connectivity index (χ1v) is 9.73. The van der Waals surface area contributed by atoms with Gasteiger partial charge in [-0.2, -0.15) is 0 Å². The molecule has 0 aliphatic carbocycles. The number of carbonyl (C=O) groups is 1. The molecule has 1 aromatic carbocycles. The SMILES string of the molecule is CC(=O)N1CCN(c2nc(C)nc3c2CN(Cc2ccccc2)CC3)CC1. The van der Waals surface area contributed by atoms with Gasteiger partial charge in [-0.15, -0.1) is 0 Å². The zero-order valence-electron chi connectivity index (χ0n) is 16.2. The number of carbonyl (C=O) groups excluding carboxylic acids is 1. The Morgan fingerprint density at radius 2 is 1.78 bits per heavy atom. The van der Waals surface area contributed by atoms with E-state index in [1.807, 2.05) is 11.8 Å². The van der Waals surface area contributed by atoms with Crippen LogP contribution >= 0.6 is 0 Å². The summed E-state index contributed by atoms with van der Waals surface area (Å²) in [6.07, 6.45) is 0.964. The van der Waals surface area contributed by atoms with E-state index >= 15 is 0 Å². The molecule has 142 valence electrons. The van der Waals surface area contributed by atoms with Crippen LogP contribution in [0, 0.1) is 6.92 Å². The summed E-state index contributed by atoms with van der Waals surface area (Å²) in [4.78, 5) is 27.9. The van der Waals surface area contributed by atoms with Crippen molar-refractivity contribution >= 4 is 11.7 Å². The zero-order valence-corrected chi connectivity index (χ0v) is 16.2. The first-order chi connectivity index (χ1) is 13.1. The van der Waals surface area contributed by atoms with Crippen LogP contribution in [0.25, 0.3) is 0 Å². The van der Waals surface area contributed by atoms with E-state index in [0.717, 1.165) is 63.9 Å². The van der Waals surface area contributed by atoms with Crippen molar-refractivity contribution in [2.45, 2.75) is 33.4 Å². The third-order valence-electron chi connectivity index (χ3n) is 5.50. The average Bonchev–Trinajstić information content (AvgIpc) is 2.68. The number of amides is 1. The van der Waals surface area contributed by atoms with Crippen LogP contribution in [0.5, 0.6) is 0 Å². The van der Waals surface area contributed by atoms with Gasteiger partial charge in [0.15, 0.2) is 0 Å². The molecule has 27 heavy (non-hydrogen) atoms. The molecule has 1 amide bonds. The molecular weight excluding hydrogens is 338 g/mol. The van der Waals surface area contributed by atoms with E-state index in [4.69, 9.17) is 9.97 Å². The maximum absolute atomic E-state index is 11.6. The molecule has 0 unspecified atom stereocenters. The lowest BCUT2D eigenvalue weighted by molar-refractivity contribution is -0.129. The third-order valence-corrected chi connectivity index (χ3v) is 5.50. The number of hydrogen-bond donors (Lipinski definition) is 0. The van der Waals surface area contributed by atoms with E-state index in [-0.39, 0.29) is 5.91 Å². The quantitative estimate of drug-likeness (QED) is 0.833. The second-order valence-electron chi connectivity index (χ2n) is 7.46. The summed E-state index contributed by atoms with van der Waals surface area (Å²) in [5.74, 6) is 2.07. The summed E-state index contributed by atoms with van der Waals surface area (Å²) < 4.78 is 0. The lowest BCUT2D eigenvalue weighted by Crippen LogP contribution is -2.49. The number of anilines is 1. The standard InChI is InChI=1S/C21H27N5O/c1-16-22-20-8-9-24(14-18-6-4-3-5-7-18)15-19(20)21(23-16)26-12-10-25(11-13-26)17(2)27/h3-7H,8-15H2,1-2H3. The Kier molecular flexibility index (Phi) is 5.07. The molecular formula is C21H27N5O.